The lowest BCUT2D eigenvalue weighted by molar-refractivity contribution is -0.120. The van der Waals surface area contributed by atoms with E-state index in [0.29, 0.717) is 6.54 Å². The van der Waals surface area contributed by atoms with Crippen molar-refractivity contribution in [3.8, 4) is 0 Å². The molecule has 2 saturated heterocycles. The Balaban J connectivity index is 1.60. The van der Waals surface area contributed by atoms with Crippen LogP contribution >= 0.6 is 0 Å². The molecule has 124 valence electrons. The summed E-state index contributed by atoms with van der Waals surface area (Å²) in [5, 5.41) is 6.08. The third-order valence-corrected chi connectivity index (χ3v) is 4.90. The summed E-state index contributed by atoms with van der Waals surface area (Å²) >= 11 is 0. The van der Waals surface area contributed by atoms with E-state index in [-0.39, 0.29) is 30.1 Å². The minimum atomic E-state index is 0.0232. The number of carbonyl (C=O) groups is 2. The molecule has 1 aromatic rings. The smallest absolute Gasteiger partial charge is 0.318 e. The molecule has 3 rings (SSSR count). The molecule has 5 nitrogen and oxygen atoms in total. The highest BCUT2D eigenvalue weighted by Crippen LogP contribution is 2.34. The lowest BCUT2D eigenvalue weighted by atomic mass is 9.82. The number of amides is 3. The van der Waals surface area contributed by atoms with E-state index in [1.54, 1.807) is 6.92 Å². The number of nitrogens with one attached hydrogen (secondary N) is 2. The van der Waals surface area contributed by atoms with Gasteiger partial charge in [0.25, 0.3) is 0 Å². The predicted octanol–water partition coefficient (Wildman–Crippen LogP) is 2.42. The summed E-state index contributed by atoms with van der Waals surface area (Å²) in [5.74, 6) is 0.0232. The molecule has 2 heterocycles. The van der Waals surface area contributed by atoms with Crippen molar-refractivity contribution in [1.82, 2.24) is 15.5 Å². The van der Waals surface area contributed by atoms with Crippen LogP contribution in [-0.2, 0) is 11.3 Å². The number of hydrogen-bond acceptors (Lipinski definition) is 2. The number of fused-ring (bicyclic) bond motifs is 2. The van der Waals surface area contributed by atoms with Gasteiger partial charge in [-0.3, -0.25) is 4.79 Å². The molecule has 23 heavy (non-hydrogen) atoms. The molecule has 0 aromatic heterocycles. The fraction of sp³-hybridized carbons (Fsp3) is 0.556. The second-order valence-electron chi connectivity index (χ2n) is 6.66. The Morgan fingerprint density at radius 2 is 1.78 bits per heavy atom. The Morgan fingerprint density at radius 1 is 1.13 bits per heavy atom. The lowest BCUT2D eigenvalue weighted by Crippen LogP contribution is -2.60. The van der Waals surface area contributed by atoms with Gasteiger partial charge in [0.1, 0.15) is 0 Å². The van der Waals surface area contributed by atoms with Gasteiger partial charge in [-0.15, -0.1) is 0 Å². The van der Waals surface area contributed by atoms with E-state index in [2.05, 4.69) is 10.6 Å². The molecule has 0 spiro atoms. The standard InChI is InChI=1S/C18H25N3O2/c1-13(22)20-15-10-16-8-5-9-17(11-15)21(16)18(23)19-12-14-6-3-2-4-7-14/h2-4,6-7,15-17H,5,8-12H2,1H3,(H,19,23)(H,20,22). The van der Waals surface area contributed by atoms with Crippen molar-refractivity contribution in [2.45, 2.75) is 63.7 Å². The molecular weight excluding hydrogens is 290 g/mol. The average molecular weight is 315 g/mol. The van der Waals surface area contributed by atoms with Crippen LogP contribution < -0.4 is 10.6 Å². The van der Waals surface area contributed by atoms with Crippen molar-refractivity contribution in [3.05, 3.63) is 35.9 Å². The van der Waals surface area contributed by atoms with Crippen LogP contribution in [0.3, 0.4) is 0 Å². The van der Waals surface area contributed by atoms with Gasteiger partial charge in [0, 0.05) is 31.6 Å². The van der Waals surface area contributed by atoms with Gasteiger partial charge in [0.15, 0.2) is 0 Å². The van der Waals surface area contributed by atoms with Crippen molar-refractivity contribution in [2.24, 2.45) is 0 Å². The summed E-state index contributed by atoms with van der Waals surface area (Å²) in [6, 6.07) is 10.7. The highest BCUT2D eigenvalue weighted by molar-refractivity contribution is 5.76. The predicted molar refractivity (Wildman–Crippen MR) is 88.8 cm³/mol. The number of nitrogens with zero attached hydrogens (tertiary/aromatic N) is 1. The van der Waals surface area contributed by atoms with Gasteiger partial charge in [-0.1, -0.05) is 30.3 Å². The third-order valence-electron chi connectivity index (χ3n) is 4.90. The molecule has 2 atom stereocenters. The summed E-state index contributed by atoms with van der Waals surface area (Å²) in [6.45, 7) is 2.12. The van der Waals surface area contributed by atoms with Crippen molar-refractivity contribution < 1.29 is 9.59 Å². The first-order chi connectivity index (χ1) is 11.1. The van der Waals surface area contributed by atoms with Crippen LogP contribution in [0.4, 0.5) is 4.79 Å². The summed E-state index contributed by atoms with van der Waals surface area (Å²) < 4.78 is 0. The lowest BCUT2D eigenvalue weighted by Gasteiger charge is -2.48. The minimum Gasteiger partial charge on any atom is -0.353 e. The summed E-state index contributed by atoms with van der Waals surface area (Å²) in [5.41, 5.74) is 1.11. The van der Waals surface area contributed by atoms with Crippen LogP contribution in [-0.4, -0.2) is 35.0 Å². The maximum absolute atomic E-state index is 12.6. The Hall–Kier alpha value is -2.04. The second-order valence-corrected chi connectivity index (χ2v) is 6.66. The monoisotopic (exact) mass is 315 g/mol. The number of hydrogen-bond donors (Lipinski definition) is 2. The maximum Gasteiger partial charge on any atom is 0.318 e. The summed E-state index contributed by atoms with van der Waals surface area (Å²) in [6.07, 6.45) is 4.98. The second kappa shape index (κ2) is 7.02. The molecule has 1 aromatic carbocycles. The first-order valence-electron chi connectivity index (χ1n) is 8.50. The molecule has 2 unspecified atom stereocenters. The van der Waals surface area contributed by atoms with Gasteiger partial charge >= 0.3 is 6.03 Å². The van der Waals surface area contributed by atoms with Gasteiger partial charge in [-0.2, -0.15) is 0 Å². The van der Waals surface area contributed by atoms with Crippen LogP contribution in [0.25, 0.3) is 0 Å². The van der Waals surface area contributed by atoms with E-state index in [1.807, 2.05) is 35.2 Å². The van der Waals surface area contributed by atoms with Crippen molar-refractivity contribution in [1.29, 1.82) is 0 Å². The van der Waals surface area contributed by atoms with Gasteiger partial charge in [0.05, 0.1) is 0 Å². The first-order valence-corrected chi connectivity index (χ1v) is 8.50. The Labute approximate surface area is 137 Å². The van der Waals surface area contributed by atoms with Crippen molar-refractivity contribution in [3.63, 3.8) is 0 Å². The zero-order chi connectivity index (χ0) is 16.2. The fourth-order valence-corrected chi connectivity index (χ4v) is 3.98. The Morgan fingerprint density at radius 3 is 2.39 bits per heavy atom. The third kappa shape index (κ3) is 3.84. The molecule has 3 amide bonds. The van der Waals surface area contributed by atoms with Gasteiger partial charge < -0.3 is 15.5 Å². The Bertz CT molecular complexity index is 547. The molecule has 2 aliphatic heterocycles. The molecule has 2 bridgehead atoms. The molecule has 5 heteroatoms. The topological polar surface area (TPSA) is 61.4 Å². The number of benzene rings is 1. The van der Waals surface area contributed by atoms with Crippen LogP contribution in [0.15, 0.2) is 30.3 Å². The molecule has 2 fully saturated rings. The number of piperidine rings is 2. The van der Waals surface area contributed by atoms with E-state index in [9.17, 15) is 9.59 Å². The molecule has 0 radical (unpaired) electrons. The summed E-state index contributed by atoms with van der Waals surface area (Å²) in [7, 11) is 0. The number of carbonyl (C=O) groups excluding carboxylic acids is 2. The Kier molecular flexibility index (Phi) is 4.84. The molecule has 0 aliphatic carbocycles. The van der Waals surface area contributed by atoms with E-state index in [0.717, 1.165) is 31.2 Å². The number of rotatable bonds is 3. The average Bonchev–Trinajstić information content (AvgIpc) is 2.52. The molecule has 0 saturated carbocycles. The molecule has 2 aliphatic rings. The van der Waals surface area contributed by atoms with Gasteiger partial charge in [0.2, 0.25) is 5.91 Å². The largest absolute Gasteiger partial charge is 0.353 e. The highest BCUT2D eigenvalue weighted by Gasteiger charge is 2.40. The zero-order valence-electron chi connectivity index (χ0n) is 13.6. The fourth-order valence-electron chi connectivity index (χ4n) is 3.98. The van der Waals surface area contributed by atoms with Crippen molar-refractivity contribution >= 4 is 11.9 Å². The normalized spacial score (nSPS) is 26.5. The zero-order valence-corrected chi connectivity index (χ0v) is 13.6. The first kappa shape index (κ1) is 15.8. The molecular formula is C18H25N3O2. The van der Waals surface area contributed by atoms with Crippen LogP contribution in [0.2, 0.25) is 0 Å². The van der Waals surface area contributed by atoms with E-state index >= 15 is 0 Å². The SMILES string of the molecule is CC(=O)NC1CC2CCCC(C1)N2C(=O)NCc1ccccc1. The van der Waals surface area contributed by atoms with E-state index in [1.165, 1.54) is 6.42 Å². The van der Waals surface area contributed by atoms with E-state index < -0.39 is 0 Å². The van der Waals surface area contributed by atoms with Crippen LogP contribution in [0, 0.1) is 0 Å². The van der Waals surface area contributed by atoms with Gasteiger partial charge in [-0.05, 0) is 37.7 Å². The van der Waals surface area contributed by atoms with Crippen molar-refractivity contribution in [2.75, 3.05) is 0 Å². The molecule has 2 N–H and O–H groups in total. The maximum atomic E-state index is 12.6. The highest BCUT2D eigenvalue weighted by atomic mass is 16.2. The van der Waals surface area contributed by atoms with Crippen LogP contribution in [0.5, 0.6) is 0 Å². The summed E-state index contributed by atoms with van der Waals surface area (Å²) in [4.78, 5) is 26.0. The minimum absolute atomic E-state index is 0.0232. The van der Waals surface area contributed by atoms with Crippen LogP contribution in [0.1, 0.15) is 44.6 Å². The van der Waals surface area contributed by atoms with Gasteiger partial charge in [-0.25, -0.2) is 4.79 Å². The quantitative estimate of drug-likeness (QED) is 0.900. The number of urea groups is 1. The van der Waals surface area contributed by atoms with E-state index in [4.69, 9.17) is 0 Å².